The second-order valence-electron chi connectivity index (χ2n) is 7.22. The Bertz CT molecular complexity index is 1000. The highest BCUT2D eigenvalue weighted by molar-refractivity contribution is 5.96. The minimum atomic E-state index is -0.501. The Kier molecular flexibility index (Phi) is 7.09. The second kappa shape index (κ2) is 9.94. The summed E-state index contributed by atoms with van der Waals surface area (Å²) in [6, 6.07) is 21.0. The van der Waals surface area contributed by atoms with Gasteiger partial charge in [0.2, 0.25) is 5.91 Å². The topological polar surface area (TPSA) is 59.6 Å². The van der Waals surface area contributed by atoms with Gasteiger partial charge in [-0.15, -0.1) is 0 Å². The maximum atomic E-state index is 13.2. The van der Waals surface area contributed by atoms with Crippen molar-refractivity contribution in [3.05, 3.63) is 89.0 Å². The molecule has 0 bridgehead atoms. The molecule has 5 heteroatoms. The van der Waals surface area contributed by atoms with Crippen molar-refractivity contribution in [3.8, 4) is 11.5 Å². The van der Waals surface area contributed by atoms with Crippen LogP contribution in [0.15, 0.2) is 66.7 Å². The van der Waals surface area contributed by atoms with E-state index in [1.54, 1.807) is 14.2 Å². The summed E-state index contributed by atoms with van der Waals surface area (Å²) >= 11 is 0. The Balaban J connectivity index is 1.81. The Hall–Kier alpha value is -3.31. The van der Waals surface area contributed by atoms with Crippen molar-refractivity contribution in [2.75, 3.05) is 19.5 Å². The quantitative estimate of drug-likeness (QED) is 0.567. The fourth-order valence-electron chi connectivity index (χ4n) is 3.29. The van der Waals surface area contributed by atoms with Crippen molar-refractivity contribution < 1.29 is 14.3 Å². The molecular weight excluding hydrogens is 376 g/mol. The number of carbonyl (C=O) groups excluding carboxylic acids is 1. The van der Waals surface area contributed by atoms with E-state index in [1.165, 1.54) is 0 Å². The Morgan fingerprint density at radius 1 is 0.900 bits per heavy atom. The number of hydrogen-bond donors (Lipinski definition) is 2. The minimum absolute atomic E-state index is 0.102. The van der Waals surface area contributed by atoms with E-state index in [0.717, 1.165) is 27.9 Å². The third-order valence-corrected chi connectivity index (χ3v) is 5.00. The zero-order valence-electron chi connectivity index (χ0n) is 17.9. The first-order chi connectivity index (χ1) is 14.5. The van der Waals surface area contributed by atoms with Crippen LogP contribution in [0.25, 0.3) is 0 Å². The lowest BCUT2D eigenvalue weighted by Crippen LogP contribution is -2.33. The van der Waals surface area contributed by atoms with E-state index in [4.69, 9.17) is 9.47 Å². The number of hydrogen-bond acceptors (Lipinski definition) is 4. The van der Waals surface area contributed by atoms with Crippen LogP contribution in [0.2, 0.25) is 0 Å². The number of nitrogens with one attached hydrogen (secondary N) is 2. The Morgan fingerprint density at radius 3 is 2.33 bits per heavy atom. The van der Waals surface area contributed by atoms with Crippen LogP contribution in [0.1, 0.15) is 28.3 Å². The number of carbonyl (C=O) groups is 1. The minimum Gasteiger partial charge on any atom is -0.493 e. The standard InChI is InChI=1S/C25H28N2O3/c1-17-10-11-18(2)21(14-17)27-25(28)24(20-8-6-5-7-9-20)26-16-19-12-13-22(29-3)23(15-19)30-4/h5-15,24,26H,16H2,1-4H3,(H,27,28)/t24-/m1/s1. The number of anilines is 1. The molecule has 0 heterocycles. The molecule has 156 valence electrons. The predicted molar refractivity (Wildman–Crippen MR) is 120 cm³/mol. The van der Waals surface area contributed by atoms with E-state index in [-0.39, 0.29) is 5.91 Å². The third kappa shape index (κ3) is 5.19. The average molecular weight is 405 g/mol. The second-order valence-corrected chi connectivity index (χ2v) is 7.22. The fraction of sp³-hybridized carbons (Fsp3) is 0.240. The molecule has 3 aromatic rings. The van der Waals surface area contributed by atoms with Crippen LogP contribution in [0.4, 0.5) is 5.69 Å². The lowest BCUT2D eigenvalue weighted by molar-refractivity contribution is -0.118. The largest absolute Gasteiger partial charge is 0.493 e. The number of amides is 1. The van der Waals surface area contributed by atoms with Crippen LogP contribution in [-0.2, 0) is 11.3 Å². The molecule has 3 rings (SSSR count). The first-order valence-corrected chi connectivity index (χ1v) is 9.89. The molecule has 0 aliphatic carbocycles. The molecule has 0 radical (unpaired) electrons. The summed E-state index contributed by atoms with van der Waals surface area (Å²) < 4.78 is 10.7. The zero-order valence-corrected chi connectivity index (χ0v) is 17.9. The molecule has 0 fully saturated rings. The summed E-state index contributed by atoms with van der Waals surface area (Å²) in [6.07, 6.45) is 0. The van der Waals surface area contributed by atoms with Gasteiger partial charge in [-0.05, 0) is 54.3 Å². The maximum Gasteiger partial charge on any atom is 0.246 e. The van der Waals surface area contributed by atoms with Crippen LogP contribution >= 0.6 is 0 Å². The van der Waals surface area contributed by atoms with Gasteiger partial charge in [-0.1, -0.05) is 48.5 Å². The molecule has 2 N–H and O–H groups in total. The summed E-state index contributed by atoms with van der Waals surface area (Å²) in [7, 11) is 3.22. The van der Waals surface area contributed by atoms with Crippen LogP contribution in [-0.4, -0.2) is 20.1 Å². The van der Waals surface area contributed by atoms with Crippen LogP contribution in [0.3, 0.4) is 0 Å². The number of ether oxygens (including phenoxy) is 2. The molecule has 0 saturated heterocycles. The van der Waals surface area contributed by atoms with Crippen molar-refractivity contribution in [1.82, 2.24) is 5.32 Å². The monoisotopic (exact) mass is 404 g/mol. The van der Waals surface area contributed by atoms with Crippen LogP contribution in [0.5, 0.6) is 11.5 Å². The highest BCUT2D eigenvalue weighted by Gasteiger charge is 2.21. The SMILES string of the molecule is COc1ccc(CN[C@@H](C(=O)Nc2cc(C)ccc2C)c2ccccc2)cc1OC. The highest BCUT2D eigenvalue weighted by atomic mass is 16.5. The number of rotatable bonds is 8. The lowest BCUT2D eigenvalue weighted by Gasteiger charge is -2.20. The first kappa shape index (κ1) is 21.4. The van der Waals surface area contributed by atoms with Crippen molar-refractivity contribution in [3.63, 3.8) is 0 Å². The zero-order chi connectivity index (χ0) is 21.5. The van der Waals surface area contributed by atoms with Crippen molar-refractivity contribution in [2.45, 2.75) is 26.4 Å². The molecule has 5 nitrogen and oxygen atoms in total. The van der Waals surface area contributed by atoms with Gasteiger partial charge < -0.3 is 14.8 Å². The molecule has 0 aliphatic heterocycles. The van der Waals surface area contributed by atoms with Gasteiger partial charge in [0, 0.05) is 12.2 Å². The molecule has 0 saturated carbocycles. The van der Waals surface area contributed by atoms with Gasteiger partial charge in [0.15, 0.2) is 11.5 Å². The molecule has 0 aromatic heterocycles. The molecule has 1 amide bonds. The fourth-order valence-corrected chi connectivity index (χ4v) is 3.29. The summed E-state index contributed by atoms with van der Waals surface area (Å²) in [5.74, 6) is 1.23. The molecule has 0 aliphatic rings. The summed E-state index contributed by atoms with van der Waals surface area (Å²) in [5, 5.41) is 6.47. The molecule has 0 spiro atoms. The first-order valence-electron chi connectivity index (χ1n) is 9.89. The Morgan fingerprint density at radius 2 is 1.63 bits per heavy atom. The smallest absolute Gasteiger partial charge is 0.246 e. The summed E-state index contributed by atoms with van der Waals surface area (Å²) in [5.41, 5.74) is 4.86. The van der Waals surface area contributed by atoms with E-state index in [2.05, 4.69) is 10.6 Å². The average Bonchev–Trinajstić information content (AvgIpc) is 2.77. The molecule has 0 unspecified atom stereocenters. The van der Waals surface area contributed by atoms with Gasteiger partial charge >= 0.3 is 0 Å². The molecule has 30 heavy (non-hydrogen) atoms. The van der Waals surface area contributed by atoms with Gasteiger partial charge in [-0.25, -0.2) is 0 Å². The lowest BCUT2D eigenvalue weighted by atomic mass is 10.0. The van der Waals surface area contributed by atoms with Gasteiger partial charge in [-0.2, -0.15) is 0 Å². The molecule has 3 aromatic carbocycles. The molecule has 1 atom stereocenters. The predicted octanol–water partition coefficient (Wildman–Crippen LogP) is 4.79. The van der Waals surface area contributed by atoms with Gasteiger partial charge in [0.05, 0.1) is 14.2 Å². The van der Waals surface area contributed by atoms with Gasteiger partial charge in [0.1, 0.15) is 6.04 Å². The van der Waals surface area contributed by atoms with E-state index >= 15 is 0 Å². The van der Waals surface area contributed by atoms with E-state index in [1.807, 2.05) is 80.6 Å². The Labute approximate surface area is 178 Å². The van der Waals surface area contributed by atoms with E-state index in [9.17, 15) is 4.79 Å². The van der Waals surface area contributed by atoms with Crippen LogP contribution < -0.4 is 20.1 Å². The van der Waals surface area contributed by atoms with Crippen LogP contribution in [0, 0.1) is 13.8 Å². The molecular formula is C25H28N2O3. The highest BCUT2D eigenvalue weighted by Crippen LogP contribution is 2.28. The maximum absolute atomic E-state index is 13.2. The van der Waals surface area contributed by atoms with E-state index in [0.29, 0.717) is 18.0 Å². The number of aryl methyl sites for hydroxylation is 2. The van der Waals surface area contributed by atoms with Crippen molar-refractivity contribution >= 4 is 11.6 Å². The van der Waals surface area contributed by atoms with Gasteiger partial charge in [-0.3, -0.25) is 10.1 Å². The van der Waals surface area contributed by atoms with Crippen molar-refractivity contribution in [1.29, 1.82) is 0 Å². The van der Waals surface area contributed by atoms with E-state index < -0.39 is 6.04 Å². The summed E-state index contributed by atoms with van der Waals surface area (Å²) in [4.78, 5) is 13.2. The van der Waals surface area contributed by atoms with Gasteiger partial charge in [0.25, 0.3) is 0 Å². The normalized spacial score (nSPS) is 11.6. The summed E-state index contributed by atoms with van der Waals surface area (Å²) in [6.45, 7) is 4.50. The number of methoxy groups -OCH3 is 2. The van der Waals surface area contributed by atoms with Crippen molar-refractivity contribution in [2.24, 2.45) is 0 Å². The third-order valence-electron chi connectivity index (χ3n) is 5.00. The number of benzene rings is 3.